The lowest BCUT2D eigenvalue weighted by atomic mass is 10.2. The van der Waals surface area contributed by atoms with E-state index in [0.29, 0.717) is 12.3 Å². The molecule has 1 aromatic heterocycles. The fourth-order valence-electron chi connectivity index (χ4n) is 1.12. The Hall–Kier alpha value is -1.74. The van der Waals surface area contributed by atoms with Gasteiger partial charge in [0.15, 0.2) is 0 Å². The minimum absolute atomic E-state index is 0.167. The van der Waals surface area contributed by atoms with E-state index in [0.717, 1.165) is 18.0 Å². The third-order valence-electron chi connectivity index (χ3n) is 1.81. The van der Waals surface area contributed by atoms with Crippen LogP contribution in [-0.4, -0.2) is 34.1 Å². The first kappa shape index (κ1) is 13.3. The molecule has 0 atom stereocenters. The number of hydrogen-bond acceptors (Lipinski definition) is 4. The Balaban J connectivity index is 2.59. The second-order valence-electron chi connectivity index (χ2n) is 3.04. The molecule has 0 aliphatic heterocycles. The summed E-state index contributed by atoms with van der Waals surface area (Å²) in [5.41, 5.74) is -0.174. The molecule has 4 nitrogen and oxygen atoms in total. The lowest BCUT2D eigenvalue weighted by Crippen LogP contribution is -2.11. The van der Waals surface area contributed by atoms with Gasteiger partial charge in [0.1, 0.15) is 17.2 Å². The molecule has 0 aliphatic carbocycles. The molecule has 0 spiro atoms. The average molecular weight is 254 g/mol. The first-order chi connectivity index (χ1) is 8.15. The van der Waals surface area contributed by atoms with Crippen molar-refractivity contribution < 1.29 is 14.3 Å². The van der Waals surface area contributed by atoms with Gasteiger partial charge in [0.25, 0.3) is 0 Å². The Bertz CT molecular complexity index is 446. The van der Waals surface area contributed by atoms with E-state index in [4.69, 9.17) is 11.5 Å². The largest absolute Gasteiger partial charge is 0.478 e. The number of carbonyl (C=O) groups is 1. The van der Waals surface area contributed by atoms with Crippen molar-refractivity contribution in [3.05, 3.63) is 23.6 Å². The highest BCUT2D eigenvalue weighted by Gasteiger charge is 2.12. The van der Waals surface area contributed by atoms with E-state index in [9.17, 15) is 9.18 Å². The van der Waals surface area contributed by atoms with Crippen LogP contribution in [0.5, 0.6) is 0 Å². The van der Waals surface area contributed by atoms with Crippen LogP contribution in [0.25, 0.3) is 0 Å². The Morgan fingerprint density at radius 3 is 3.12 bits per heavy atom. The zero-order valence-electron chi connectivity index (χ0n) is 8.94. The average Bonchev–Trinajstić information content (AvgIpc) is 2.30. The molecule has 1 rings (SSSR count). The van der Waals surface area contributed by atoms with Gasteiger partial charge in [0, 0.05) is 12.3 Å². The number of halogens is 1. The minimum atomic E-state index is -1.21. The predicted octanol–water partition coefficient (Wildman–Crippen LogP) is 1.70. The van der Waals surface area contributed by atoms with Crippen LogP contribution >= 0.6 is 11.8 Å². The number of hydrogen-bond donors (Lipinski definition) is 2. The molecule has 6 heteroatoms. The van der Waals surface area contributed by atoms with Crippen molar-refractivity contribution in [2.75, 3.05) is 23.4 Å². The third-order valence-corrected chi connectivity index (χ3v) is 2.67. The van der Waals surface area contributed by atoms with Gasteiger partial charge in [-0.2, -0.15) is 0 Å². The van der Waals surface area contributed by atoms with Crippen LogP contribution in [0.4, 0.5) is 10.2 Å². The first-order valence-corrected chi connectivity index (χ1v) is 5.94. The molecule has 1 heterocycles. The number of nitrogens with one attached hydrogen (secondary N) is 1. The highest BCUT2D eigenvalue weighted by molar-refractivity contribution is 7.99. The summed E-state index contributed by atoms with van der Waals surface area (Å²) in [5, 5.41) is 11.7. The quantitative estimate of drug-likeness (QED) is 0.597. The number of terminal acetylenes is 1. The lowest BCUT2D eigenvalue weighted by Gasteiger charge is -2.07. The number of pyridine rings is 1. The molecule has 1 aromatic rings. The molecular formula is C11H11FN2O2S. The summed E-state index contributed by atoms with van der Waals surface area (Å²) in [6, 6.07) is 0.937. The van der Waals surface area contributed by atoms with E-state index in [1.807, 2.05) is 0 Å². The van der Waals surface area contributed by atoms with E-state index in [1.54, 1.807) is 11.8 Å². The van der Waals surface area contributed by atoms with Gasteiger partial charge in [-0.05, 0) is 6.07 Å². The van der Waals surface area contributed by atoms with Gasteiger partial charge in [-0.3, -0.25) is 0 Å². The molecule has 0 saturated carbocycles. The van der Waals surface area contributed by atoms with Gasteiger partial charge in [0.2, 0.25) is 0 Å². The zero-order chi connectivity index (χ0) is 12.7. The number of carboxylic acids is 1. The maximum Gasteiger partial charge on any atom is 0.339 e. The normalized spacial score (nSPS) is 9.65. The number of nitrogens with zero attached hydrogens (tertiary/aromatic N) is 1. The molecule has 2 N–H and O–H groups in total. The van der Waals surface area contributed by atoms with Crippen molar-refractivity contribution in [2.24, 2.45) is 0 Å². The minimum Gasteiger partial charge on any atom is -0.478 e. The summed E-state index contributed by atoms with van der Waals surface area (Å²) in [4.78, 5) is 14.5. The van der Waals surface area contributed by atoms with E-state index < -0.39 is 11.8 Å². The van der Waals surface area contributed by atoms with Crippen molar-refractivity contribution in [3.8, 4) is 12.3 Å². The summed E-state index contributed by atoms with van der Waals surface area (Å²) < 4.78 is 12.8. The molecule has 0 aromatic carbocycles. The first-order valence-electron chi connectivity index (χ1n) is 4.79. The third kappa shape index (κ3) is 4.33. The molecule has 90 valence electrons. The van der Waals surface area contributed by atoms with E-state index in [-0.39, 0.29) is 11.4 Å². The summed E-state index contributed by atoms with van der Waals surface area (Å²) in [7, 11) is 0. The van der Waals surface area contributed by atoms with E-state index in [2.05, 4.69) is 16.2 Å². The molecule has 0 aliphatic rings. The van der Waals surface area contributed by atoms with Gasteiger partial charge in [-0.1, -0.05) is 5.92 Å². The Morgan fingerprint density at radius 2 is 2.47 bits per heavy atom. The number of carboxylic acid groups (broad SMARTS) is 1. The molecule has 0 bridgehead atoms. The number of aromatic nitrogens is 1. The Labute approximate surface area is 103 Å². The Morgan fingerprint density at radius 1 is 1.71 bits per heavy atom. The highest BCUT2D eigenvalue weighted by atomic mass is 32.2. The topological polar surface area (TPSA) is 62.2 Å². The van der Waals surface area contributed by atoms with Crippen LogP contribution in [0.2, 0.25) is 0 Å². The van der Waals surface area contributed by atoms with Gasteiger partial charge in [-0.15, -0.1) is 18.2 Å². The molecular weight excluding hydrogens is 243 g/mol. The number of anilines is 1. The standard InChI is InChI=1S/C11H11FN2O2S/c1-2-4-17-5-3-13-10-9(11(15)16)6-8(12)7-14-10/h1,6-7H,3-5H2,(H,13,14)(H,15,16). The van der Waals surface area contributed by atoms with Crippen molar-refractivity contribution in [1.82, 2.24) is 4.98 Å². The van der Waals surface area contributed by atoms with E-state index in [1.165, 1.54) is 0 Å². The van der Waals surface area contributed by atoms with Crippen molar-refractivity contribution in [2.45, 2.75) is 0 Å². The van der Waals surface area contributed by atoms with Crippen molar-refractivity contribution >= 4 is 23.5 Å². The maximum absolute atomic E-state index is 12.8. The lowest BCUT2D eigenvalue weighted by molar-refractivity contribution is 0.0697. The van der Waals surface area contributed by atoms with Gasteiger partial charge in [0.05, 0.1) is 11.9 Å². The number of thioether (sulfide) groups is 1. The molecule has 0 saturated heterocycles. The Kier molecular flexibility index (Phi) is 5.30. The fraction of sp³-hybridized carbons (Fsp3) is 0.273. The van der Waals surface area contributed by atoms with Gasteiger partial charge in [-0.25, -0.2) is 14.2 Å². The number of aromatic carboxylic acids is 1. The van der Waals surface area contributed by atoms with Gasteiger partial charge < -0.3 is 10.4 Å². The molecule has 0 amide bonds. The molecule has 0 unspecified atom stereocenters. The predicted molar refractivity (Wildman–Crippen MR) is 65.8 cm³/mol. The summed E-state index contributed by atoms with van der Waals surface area (Å²) in [6.45, 7) is 0.519. The van der Waals surface area contributed by atoms with Crippen LogP contribution < -0.4 is 5.32 Å². The van der Waals surface area contributed by atoms with Crippen LogP contribution in [0.15, 0.2) is 12.3 Å². The SMILES string of the molecule is C#CCSCCNc1ncc(F)cc1C(=O)O. The monoisotopic (exact) mass is 254 g/mol. The van der Waals surface area contributed by atoms with Gasteiger partial charge >= 0.3 is 5.97 Å². The molecule has 17 heavy (non-hydrogen) atoms. The van der Waals surface area contributed by atoms with E-state index >= 15 is 0 Å². The summed E-state index contributed by atoms with van der Waals surface area (Å²) >= 11 is 1.54. The smallest absolute Gasteiger partial charge is 0.339 e. The second kappa shape index (κ2) is 6.76. The fourth-order valence-corrected chi connectivity index (χ4v) is 1.62. The van der Waals surface area contributed by atoms with Crippen molar-refractivity contribution in [3.63, 3.8) is 0 Å². The second-order valence-corrected chi connectivity index (χ2v) is 4.14. The molecule has 0 fully saturated rings. The summed E-state index contributed by atoms with van der Waals surface area (Å²) in [6.07, 6.45) is 6.05. The van der Waals surface area contributed by atoms with Crippen LogP contribution in [0, 0.1) is 18.2 Å². The highest BCUT2D eigenvalue weighted by Crippen LogP contribution is 2.13. The zero-order valence-corrected chi connectivity index (χ0v) is 9.76. The maximum atomic E-state index is 12.8. The van der Waals surface area contributed by atoms with Crippen LogP contribution in [-0.2, 0) is 0 Å². The van der Waals surface area contributed by atoms with Crippen molar-refractivity contribution in [1.29, 1.82) is 0 Å². The summed E-state index contributed by atoms with van der Waals surface area (Å²) in [5.74, 6) is 2.09. The molecule has 0 radical (unpaired) electrons. The number of rotatable bonds is 6. The van der Waals surface area contributed by atoms with Crippen LogP contribution in [0.1, 0.15) is 10.4 Å². The van der Waals surface area contributed by atoms with Crippen LogP contribution in [0.3, 0.4) is 0 Å².